The van der Waals surface area contributed by atoms with Crippen LogP contribution in [0.4, 0.5) is 0 Å². The number of carbonyl (C=O) groups is 5. The molecule has 0 aliphatic heterocycles. The SMILES string of the molecule is O.O=C(O)CN(CCN(CC(=O)O)CC(=O)O)CCN(CC(=O)O)CC(=O)O.[Gd]. The van der Waals surface area contributed by atoms with Crippen LogP contribution in [-0.4, -0.2) is 134 Å². The Bertz CT molecular complexity index is 489. The zero-order valence-electron chi connectivity index (χ0n) is 15.3. The first kappa shape index (κ1) is 32.2. The monoisotopic (exact) mass is 569 g/mol. The van der Waals surface area contributed by atoms with E-state index in [9.17, 15) is 24.0 Å². The Balaban J connectivity index is -0.00000338. The van der Waals surface area contributed by atoms with Crippen LogP contribution in [0.15, 0.2) is 0 Å². The summed E-state index contributed by atoms with van der Waals surface area (Å²) in [7, 11) is 0. The first-order chi connectivity index (χ1) is 12.5. The summed E-state index contributed by atoms with van der Waals surface area (Å²) in [5.41, 5.74) is 0. The van der Waals surface area contributed by atoms with Gasteiger partial charge in [-0.1, -0.05) is 0 Å². The molecule has 0 saturated carbocycles. The van der Waals surface area contributed by atoms with Crippen LogP contribution in [0.2, 0.25) is 0 Å². The predicted molar refractivity (Wildman–Crippen MR) is 91.1 cm³/mol. The molecule has 0 aliphatic carbocycles. The molecule has 170 valence electrons. The van der Waals surface area contributed by atoms with Gasteiger partial charge in [0.05, 0.1) is 32.7 Å². The molecular formula is C14H25GdN3O11. The van der Waals surface area contributed by atoms with E-state index in [1.54, 1.807) is 0 Å². The molecule has 0 aliphatic rings. The average molecular weight is 569 g/mol. The van der Waals surface area contributed by atoms with Crippen LogP contribution in [0.5, 0.6) is 0 Å². The van der Waals surface area contributed by atoms with Gasteiger partial charge in [-0.05, 0) is 0 Å². The molecule has 0 spiro atoms. The minimum absolute atomic E-state index is 0. The Morgan fingerprint density at radius 1 is 0.448 bits per heavy atom. The molecule has 0 aromatic rings. The van der Waals surface area contributed by atoms with Crippen molar-refractivity contribution < 1.29 is 94.9 Å². The molecule has 0 heterocycles. The number of carboxylic acids is 5. The maximum atomic E-state index is 11.0. The third kappa shape index (κ3) is 19.6. The van der Waals surface area contributed by atoms with Gasteiger partial charge in [0.15, 0.2) is 0 Å². The van der Waals surface area contributed by atoms with E-state index in [0.29, 0.717) is 0 Å². The van der Waals surface area contributed by atoms with Gasteiger partial charge in [-0.25, -0.2) is 0 Å². The van der Waals surface area contributed by atoms with Gasteiger partial charge in [-0.3, -0.25) is 38.7 Å². The normalized spacial score (nSPS) is 10.3. The molecular weight excluding hydrogens is 543 g/mol. The Hall–Kier alpha value is -1.49. The third-order valence-corrected chi connectivity index (χ3v) is 3.26. The predicted octanol–water partition coefficient (Wildman–Crippen LogP) is -3.51. The molecule has 0 fully saturated rings. The summed E-state index contributed by atoms with van der Waals surface area (Å²) in [4.78, 5) is 57.6. The molecule has 0 aromatic heterocycles. The average Bonchev–Trinajstić information content (AvgIpc) is 2.46. The minimum Gasteiger partial charge on any atom is -0.480 e. The number of carboxylic acid groups (broad SMARTS) is 5. The van der Waals surface area contributed by atoms with E-state index < -0.39 is 62.6 Å². The molecule has 14 nitrogen and oxygen atoms in total. The van der Waals surface area contributed by atoms with Gasteiger partial charge < -0.3 is 31.0 Å². The summed E-state index contributed by atoms with van der Waals surface area (Å²) in [6.07, 6.45) is 0. The molecule has 7 N–H and O–H groups in total. The molecule has 0 saturated heterocycles. The fourth-order valence-electron chi connectivity index (χ4n) is 2.22. The van der Waals surface area contributed by atoms with E-state index in [2.05, 4.69) is 0 Å². The first-order valence-corrected chi connectivity index (χ1v) is 7.75. The van der Waals surface area contributed by atoms with Gasteiger partial charge >= 0.3 is 29.8 Å². The van der Waals surface area contributed by atoms with Crippen molar-refractivity contribution in [3.05, 3.63) is 0 Å². The van der Waals surface area contributed by atoms with Crippen molar-refractivity contribution in [2.45, 2.75) is 0 Å². The topological polar surface area (TPSA) is 228 Å². The molecule has 0 aromatic carbocycles. The third-order valence-electron chi connectivity index (χ3n) is 3.26. The van der Waals surface area contributed by atoms with Gasteiger partial charge in [0, 0.05) is 66.1 Å². The minimum atomic E-state index is -1.24. The van der Waals surface area contributed by atoms with E-state index in [4.69, 9.17) is 25.5 Å². The molecule has 0 atom stereocenters. The van der Waals surface area contributed by atoms with Crippen molar-refractivity contribution in [3.63, 3.8) is 0 Å². The summed E-state index contributed by atoms with van der Waals surface area (Å²) in [5.74, 6) is -6.16. The summed E-state index contributed by atoms with van der Waals surface area (Å²) in [5, 5.41) is 44.1. The van der Waals surface area contributed by atoms with Gasteiger partial charge in [0.25, 0.3) is 0 Å². The smallest absolute Gasteiger partial charge is 0.317 e. The van der Waals surface area contributed by atoms with Crippen LogP contribution >= 0.6 is 0 Å². The van der Waals surface area contributed by atoms with Gasteiger partial charge in [0.1, 0.15) is 0 Å². The first-order valence-electron chi connectivity index (χ1n) is 7.75. The maximum Gasteiger partial charge on any atom is 0.317 e. The molecule has 0 bridgehead atoms. The van der Waals surface area contributed by atoms with Crippen LogP contribution < -0.4 is 0 Å². The van der Waals surface area contributed by atoms with Crippen LogP contribution in [0.25, 0.3) is 0 Å². The summed E-state index contributed by atoms with van der Waals surface area (Å²) in [6, 6.07) is 0. The second-order valence-corrected chi connectivity index (χ2v) is 5.67. The van der Waals surface area contributed by atoms with Crippen LogP contribution in [0, 0.1) is 39.9 Å². The number of hydrogen-bond acceptors (Lipinski definition) is 8. The van der Waals surface area contributed by atoms with Crippen molar-refractivity contribution in [1.82, 2.24) is 14.7 Å². The van der Waals surface area contributed by atoms with E-state index in [1.165, 1.54) is 4.90 Å². The molecule has 0 amide bonds. The van der Waals surface area contributed by atoms with E-state index in [1.807, 2.05) is 0 Å². The largest absolute Gasteiger partial charge is 0.480 e. The number of nitrogens with zero attached hydrogens (tertiary/aromatic N) is 3. The van der Waals surface area contributed by atoms with Crippen LogP contribution in [0.1, 0.15) is 0 Å². The standard InChI is InChI=1S/C14H23N3O10.Gd.H2O/c18-10(19)5-15(1-3-16(6-11(20)21)7-12(22)23)2-4-17(8-13(24)25)9-14(26)27;;/h1-9H2,(H,18,19)(H,20,21)(H,22,23)(H,24,25)(H,26,27);;1H2. The van der Waals surface area contributed by atoms with E-state index in [-0.39, 0.29) is 71.6 Å². The summed E-state index contributed by atoms with van der Waals surface area (Å²) < 4.78 is 0. The zero-order chi connectivity index (χ0) is 21.0. The number of rotatable bonds is 16. The second-order valence-electron chi connectivity index (χ2n) is 5.67. The number of hydrogen-bond donors (Lipinski definition) is 5. The Kier molecular flexibility index (Phi) is 19.3. The second kappa shape index (κ2) is 17.4. The van der Waals surface area contributed by atoms with Gasteiger partial charge in [-0.2, -0.15) is 0 Å². The number of aliphatic carboxylic acids is 5. The van der Waals surface area contributed by atoms with Gasteiger partial charge in [-0.15, -0.1) is 0 Å². The summed E-state index contributed by atoms with van der Waals surface area (Å²) in [6.45, 7) is -2.74. The molecule has 0 radical (unpaired) electrons. The maximum absolute atomic E-state index is 11.0. The van der Waals surface area contributed by atoms with E-state index >= 15 is 0 Å². The Morgan fingerprint density at radius 2 is 0.621 bits per heavy atom. The molecule has 15 heteroatoms. The Labute approximate surface area is 197 Å². The van der Waals surface area contributed by atoms with Crippen molar-refractivity contribution in [3.8, 4) is 0 Å². The van der Waals surface area contributed by atoms with Crippen LogP contribution in [-0.2, 0) is 24.0 Å². The fraction of sp³-hybridized carbons (Fsp3) is 0.643. The Morgan fingerprint density at radius 3 is 0.828 bits per heavy atom. The van der Waals surface area contributed by atoms with Crippen molar-refractivity contribution in [1.29, 1.82) is 0 Å². The van der Waals surface area contributed by atoms with E-state index in [0.717, 1.165) is 9.80 Å². The zero-order valence-corrected chi connectivity index (χ0v) is 17.6. The van der Waals surface area contributed by atoms with Crippen molar-refractivity contribution >= 4 is 29.8 Å². The fourth-order valence-corrected chi connectivity index (χ4v) is 2.22. The molecule has 0 unspecified atom stereocenters. The quantitative estimate of drug-likeness (QED) is 0.122. The summed E-state index contributed by atoms with van der Waals surface area (Å²) >= 11 is 0. The van der Waals surface area contributed by atoms with Gasteiger partial charge in [0.2, 0.25) is 0 Å². The van der Waals surface area contributed by atoms with Crippen LogP contribution in [0.3, 0.4) is 0 Å². The molecule has 29 heavy (non-hydrogen) atoms. The molecule has 0 rings (SSSR count). The van der Waals surface area contributed by atoms with Crippen molar-refractivity contribution in [2.24, 2.45) is 0 Å². The van der Waals surface area contributed by atoms with Crippen molar-refractivity contribution in [2.75, 3.05) is 58.9 Å².